The van der Waals surface area contributed by atoms with E-state index in [4.69, 9.17) is 14.7 Å². The first-order valence-electron chi connectivity index (χ1n) is 7.17. The van der Waals surface area contributed by atoms with Gasteiger partial charge in [-0.3, -0.25) is 0 Å². The van der Waals surface area contributed by atoms with Crippen LogP contribution in [0, 0.1) is 0 Å². The maximum Gasteiger partial charge on any atom is 0.181 e. The smallest absolute Gasteiger partial charge is 0.181 e. The molecule has 112 valence electrons. The summed E-state index contributed by atoms with van der Waals surface area (Å²) in [7, 11) is 0. The lowest BCUT2D eigenvalue weighted by Gasteiger charge is -2.01. The van der Waals surface area contributed by atoms with Crippen molar-refractivity contribution in [3.8, 4) is 16.9 Å². The zero-order valence-electron chi connectivity index (χ0n) is 12.1. The van der Waals surface area contributed by atoms with Gasteiger partial charge in [0.25, 0.3) is 0 Å². The topological polar surface area (TPSA) is 63.6 Å². The maximum absolute atomic E-state index is 8.74. The van der Waals surface area contributed by atoms with Crippen LogP contribution in [0.25, 0.3) is 28.0 Å². The Hall–Kier alpha value is -3.34. The van der Waals surface area contributed by atoms with Crippen molar-refractivity contribution in [3.05, 3.63) is 72.5 Å². The van der Waals surface area contributed by atoms with Crippen molar-refractivity contribution < 1.29 is 9.62 Å². The molecule has 0 aliphatic heterocycles. The Morgan fingerprint density at radius 1 is 1.00 bits per heavy atom. The predicted octanol–water partition coefficient (Wildman–Crippen LogP) is 4.09. The second-order valence-corrected chi connectivity index (χ2v) is 5.07. The summed E-state index contributed by atoms with van der Waals surface area (Å²) in [6.45, 7) is 0. The molecule has 0 saturated carbocycles. The van der Waals surface area contributed by atoms with E-state index >= 15 is 0 Å². The summed E-state index contributed by atoms with van der Waals surface area (Å²) in [5.74, 6) is 0.474. The second-order valence-electron chi connectivity index (χ2n) is 5.07. The molecule has 23 heavy (non-hydrogen) atoms. The first-order valence-corrected chi connectivity index (χ1v) is 7.17. The zero-order chi connectivity index (χ0) is 15.6. The van der Waals surface area contributed by atoms with Gasteiger partial charge in [0, 0.05) is 11.6 Å². The van der Waals surface area contributed by atoms with Gasteiger partial charge in [-0.05, 0) is 12.1 Å². The van der Waals surface area contributed by atoms with Gasteiger partial charge in [0.15, 0.2) is 11.3 Å². The third-order valence-corrected chi connectivity index (χ3v) is 3.61. The monoisotopic (exact) mass is 303 g/mol. The van der Waals surface area contributed by atoms with Crippen LogP contribution in [0.15, 0.2) is 76.3 Å². The van der Waals surface area contributed by atoms with E-state index in [1.165, 1.54) is 6.21 Å². The van der Waals surface area contributed by atoms with E-state index in [2.05, 4.69) is 5.16 Å². The van der Waals surface area contributed by atoms with E-state index in [1.54, 1.807) is 0 Å². The lowest BCUT2D eigenvalue weighted by atomic mass is 10.1. The molecule has 0 fully saturated rings. The van der Waals surface area contributed by atoms with Gasteiger partial charge in [-0.15, -0.1) is 0 Å². The molecule has 0 saturated heterocycles. The highest BCUT2D eigenvalue weighted by Crippen LogP contribution is 2.31. The minimum absolute atomic E-state index is 0.474. The lowest BCUT2D eigenvalue weighted by Crippen LogP contribution is -1.95. The number of hydrogen-bond donors (Lipinski definition) is 1. The average Bonchev–Trinajstić information content (AvgIpc) is 3.15. The quantitative estimate of drug-likeness (QED) is 0.352. The molecule has 0 aliphatic carbocycles. The van der Waals surface area contributed by atoms with Crippen molar-refractivity contribution in [1.29, 1.82) is 0 Å². The molecule has 2 aromatic heterocycles. The van der Waals surface area contributed by atoms with E-state index in [-0.39, 0.29) is 0 Å². The second kappa shape index (κ2) is 5.46. The first kappa shape index (κ1) is 13.3. The fourth-order valence-corrected chi connectivity index (χ4v) is 2.60. The van der Waals surface area contributed by atoms with Crippen molar-refractivity contribution in [2.45, 2.75) is 0 Å². The number of nitrogens with zero attached hydrogens (tertiary/aromatic N) is 3. The van der Waals surface area contributed by atoms with Crippen LogP contribution >= 0.6 is 0 Å². The maximum atomic E-state index is 8.74. The molecule has 0 radical (unpaired) electrons. The van der Waals surface area contributed by atoms with Crippen molar-refractivity contribution in [1.82, 2.24) is 9.78 Å². The van der Waals surface area contributed by atoms with Crippen molar-refractivity contribution in [3.63, 3.8) is 0 Å². The standard InChI is InChI=1S/C18H13N3O2/c22-19-12-15-11-16-18(23-15)17(13-7-3-1-4-8-13)20-21(16)14-9-5-2-6-10-14/h1-12,22H/b19-12+. The number of rotatable bonds is 3. The van der Waals surface area contributed by atoms with Crippen LogP contribution in [0.1, 0.15) is 5.76 Å². The normalized spacial score (nSPS) is 11.5. The fraction of sp³-hybridized carbons (Fsp3) is 0. The Kier molecular flexibility index (Phi) is 3.16. The number of furan rings is 1. The van der Waals surface area contributed by atoms with Crippen molar-refractivity contribution in [2.75, 3.05) is 0 Å². The highest BCUT2D eigenvalue weighted by molar-refractivity contribution is 5.93. The number of para-hydroxylation sites is 1. The van der Waals surface area contributed by atoms with Gasteiger partial charge in [-0.25, -0.2) is 4.68 Å². The summed E-state index contributed by atoms with van der Waals surface area (Å²) in [6.07, 6.45) is 1.27. The Morgan fingerprint density at radius 2 is 1.70 bits per heavy atom. The van der Waals surface area contributed by atoms with E-state index in [9.17, 15) is 0 Å². The lowest BCUT2D eigenvalue weighted by molar-refractivity contribution is 0.321. The molecular formula is C18H13N3O2. The molecule has 5 nitrogen and oxygen atoms in total. The molecule has 0 bridgehead atoms. The molecule has 1 N–H and O–H groups in total. The summed E-state index contributed by atoms with van der Waals surface area (Å²) in [6, 6.07) is 21.5. The fourth-order valence-electron chi connectivity index (χ4n) is 2.60. The molecule has 2 heterocycles. The molecule has 0 spiro atoms. The first-order chi connectivity index (χ1) is 11.4. The van der Waals surface area contributed by atoms with Crippen molar-refractivity contribution in [2.24, 2.45) is 5.16 Å². The van der Waals surface area contributed by atoms with E-state index in [1.807, 2.05) is 71.4 Å². The van der Waals surface area contributed by atoms with Gasteiger partial charge in [0.1, 0.15) is 17.4 Å². The summed E-state index contributed by atoms with van der Waals surface area (Å²) >= 11 is 0. The third-order valence-electron chi connectivity index (χ3n) is 3.61. The number of fused-ring (bicyclic) bond motifs is 1. The number of oxime groups is 1. The zero-order valence-corrected chi connectivity index (χ0v) is 12.1. The molecule has 4 rings (SSSR count). The Balaban J connectivity index is 2.00. The highest BCUT2D eigenvalue weighted by atomic mass is 16.4. The molecule has 4 aromatic rings. The van der Waals surface area contributed by atoms with Crippen LogP contribution in [-0.4, -0.2) is 21.2 Å². The van der Waals surface area contributed by atoms with Gasteiger partial charge in [-0.2, -0.15) is 5.10 Å². The highest BCUT2D eigenvalue weighted by Gasteiger charge is 2.18. The minimum atomic E-state index is 0.474. The number of hydrogen-bond acceptors (Lipinski definition) is 4. The third kappa shape index (κ3) is 2.28. The van der Waals surface area contributed by atoms with Crippen LogP contribution in [0.5, 0.6) is 0 Å². The van der Waals surface area contributed by atoms with Crippen LogP contribution < -0.4 is 0 Å². The SMILES string of the molecule is O/N=C/c1cc2c(o1)c(-c1ccccc1)nn2-c1ccccc1. The number of benzene rings is 2. The predicted molar refractivity (Wildman–Crippen MR) is 88.2 cm³/mol. The van der Waals surface area contributed by atoms with Crippen LogP contribution in [0.2, 0.25) is 0 Å². The molecule has 0 aliphatic rings. The van der Waals surface area contributed by atoms with E-state index in [0.29, 0.717) is 11.3 Å². The molecule has 0 amide bonds. The number of aromatic nitrogens is 2. The Morgan fingerprint density at radius 3 is 2.39 bits per heavy atom. The summed E-state index contributed by atoms with van der Waals surface area (Å²) in [4.78, 5) is 0. The molecule has 5 heteroatoms. The van der Waals surface area contributed by atoms with Crippen LogP contribution in [0.4, 0.5) is 0 Å². The molecule has 2 aromatic carbocycles. The van der Waals surface area contributed by atoms with Crippen molar-refractivity contribution >= 4 is 17.3 Å². The van der Waals surface area contributed by atoms with Gasteiger partial charge in [0.05, 0.1) is 5.69 Å². The molecule has 0 atom stereocenters. The van der Waals surface area contributed by atoms with E-state index in [0.717, 1.165) is 22.5 Å². The summed E-state index contributed by atoms with van der Waals surface area (Å²) < 4.78 is 7.63. The van der Waals surface area contributed by atoms with Crippen LogP contribution in [0.3, 0.4) is 0 Å². The van der Waals surface area contributed by atoms with E-state index < -0.39 is 0 Å². The largest absolute Gasteiger partial charge is 0.451 e. The van der Waals surface area contributed by atoms with Crippen LogP contribution in [-0.2, 0) is 0 Å². The molecular weight excluding hydrogens is 290 g/mol. The van der Waals surface area contributed by atoms with Gasteiger partial charge in [0.2, 0.25) is 0 Å². The van der Waals surface area contributed by atoms with Gasteiger partial charge in [-0.1, -0.05) is 53.7 Å². The van der Waals surface area contributed by atoms with Gasteiger partial charge < -0.3 is 9.62 Å². The Labute approximate surface area is 132 Å². The average molecular weight is 303 g/mol. The summed E-state index contributed by atoms with van der Waals surface area (Å²) in [5, 5.41) is 16.5. The summed E-state index contributed by atoms with van der Waals surface area (Å²) in [5.41, 5.74) is 4.14. The minimum Gasteiger partial charge on any atom is -0.451 e. The molecule has 0 unspecified atom stereocenters. The Bertz CT molecular complexity index is 898. The van der Waals surface area contributed by atoms with Gasteiger partial charge >= 0.3 is 0 Å².